The molecule has 2 saturated heterocycles. The number of nitrogens with zero attached hydrogens (tertiary/aromatic N) is 2. The molecule has 2 aliphatic heterocycles. The second-order valence-electron chi connectivity index (χ2n) is 17.8. The number of nitrogens with two attached hydrogens (primary N) is 1. The van der Waals surface area contributed by atoms with Crippen LogP contribution in [0.25, 0.3) is 0 Å². The minimum atomic E-state index is -5.42. The van der Waals surface area contributed by atoms with Gasteiger partial charge in [-0.3, -0.25) is 23.2 Å². The monoisotopic (exact) mass is 979 g/mol. The van der Waals surface area contributed by atoms with E-state index in [2.05, 4.69) is 42.2 Å². The van der Waals surface area contributed by atoms with Gasteiger partial charge >= 0.3 is 33.3 Å². The van der Waals surface area contributed by atoms with Gasteiger partial charge in [-0.15, -0.1) is 0 Å². The number of ether oxygens (including phenoxy) is 4. The Balaban J connectivity index is 1.41. The number of allylic oxidation sites excluding steroid dienone is 1. The second-order valence-corrected chi connectivity index (χ2v) is 20.9. The highest BCUT2D eigenvalue weighted by Crippen LogP contribution is 2.60. The Labute approximate surface area is 390 Å². The largest absolute Gasteiger partial charge is 0.481 e. The Bertz CT molecular complexity index is 1730. The molecule has 0 aliphatic carbocycles. The van der Waals surface area contributed by atoms with E-state index in [0.717, 1.165) is 87.3 Å². The van der Waals surface area contributed by atoms with Gasteiger partial charge in [-0.2, -0.15) is 9.29 Å². The summed E-state index contributed by atoms with van der Waals surface area (Å²) in [5.74, 6) is -0.587. The Kier molecular flexibility index (Phi) is 27.6. The number of hydrogen-bond donors (Lipinski definition) is 5. The van der Waals surface area contributed by atoms with E-state index in [-0.39, 0.29) is 18.7 Å². The second kappa shape index (κ2) is 31.6. The first kappa shape index (κ1) is 57.8. The van der Waals surface area contributed by atoms with Crippen molar-refractivity contribution >= 4 is 33.4 Å². The molecule has 2 fully saturated rings. The van der Waals surface area contributed by atoms with Crippen molar-refractivity contribution in [1.29, 1.82) is 0 Å². The number of aromatic nitrogens is 2. The molecule has 0 saturated carbocycles. The van der Waals surface area contributed by atoms with Gasteiger partial charge in [0.2, 0.25) is 0 Å². The van der Waals surface area contributed by atoms with Crippen molar-refractivity contribution in [2.45, 2.75) is 211 Å². The normalized spacial score (nSPS) is 22.9. The lowest BCUT2D eigenvalue weighted by Crippen LogP contribution is -2.36. The molecule has 2 aliphatic rings. The number of carbonyl (C=O) groups excluding carboxylic acids is 2. The van der Waals surface area contributed by atoms with Gasteiger partial charge in [0, 0.05) is 19.0 Å². The van der Waals surface area contributed by atoms with Crippen LogP contribution in [0.5, 0.6) is 0 Å². The van der Waals surface area contributed by atoms with Gasteiger partial charge in [-0.25, -0.2) is 13.9 Å². The molecule has 19 nitrogen and oxygen atoms in total. The first-order valence-electron chi connectivity index (χ1n) is 24.2. The number of aliphatic hydroxyl groups excluding tert-OH is 2. The summed E-state index contributed by atoms with van der Waals surface area (Å²) >= 11 is 0. The van der Waals surface area contributed by atoms with Crippen molar-refractivity contribution in [3.05, 3.63) is 34.9 Å². The fourth-order valence-corrected chi connectivity index (χ4v) is 9.67. The highest BCUT2D eigenvalue weighted by molar-refractivity contribution is 7.61. The Morgan fingerprint density at radius 1 is 0.788 bits per heavy atom. The molecular formula is C45H79N3O16P2. The Morgan fingerprint density at radius 3 is 2.06 bits per heavy atom. The van der Waals surface area contributed by atoms with Crippen molar-refractivity contribution in [3.8, 4) is 0 Å². The molecule has 4 unspecified atom stereocenters. The summed E-state index contributed by atoms with van der Waals surface area (Å²) in [7, 11) is -10.8. The van der Waals surface area contributed by atoms with Crippen LogP contribution in [0.2, 0.25) is 0 Å². The van der Waals surface area contributed by atoms with Crippen molar-refractivity contribution in [2.75, 3.05) is 25.6 Å². The molecule has 0 bridgehead atoms. The molecule has 0 spiro atoms. The van der Waals surface area contributed by atoms with Crippen molar-refractivity contribution in [2.24, 2.45) is 5.92 Å². The zero-order valence-electron chi connectivity index (χ0n) is 39.4. The lowest BCUT2D eigenvalue weighted by Gasteiger charge is -2.21. The lowest BCUT2D eigenvalue weighted by molar-refractivity contribution is -0.161. The van der Waals surface area contributed by atoms with E-state index in [1.54, 1.807) is 0 Å². The zero-order valence-corrected chi connectivity index (χ0v) is 41.2. The van der Waals surface area contributed by atoms with E-state index >= 15 is 0 Å². The predicted octanol–water partition coefficient (Wildman–Crippen LogP) is 8.12. The quantitative estimate of drug-likeness (QED) is 0.0137. The summed E-state index contributed by atoms with van der Waals surface area (Å²) in [4.78, 5) is 61.8. The molecule has 0 aromatic carbocycles. The van der Waals surface area contributed by atoms with Gasteiger partial charge in [-0.1, -0.05) is 129 Å². The average Bonchev–Trinajstić information content (AvgIpc) is 3.95. The Morgan fingerprint density at radius 2 is 1.41 bits per heavy atom. The topological polar surface area (TPSA) is 278 Å². The van der Waals surface area contributed by atoms with Crippen LogP contribution < -0.4 is 11.4 Å². The number of phosphoric acid groups is 2. The average molecular weight is 980 g/mol. The highest BCUT2D eigenvalue weighted by Gasteiger charge is 2.46. The molecule has 1 aromatic heterocycles. The molecule has 0 amide bonds. The minimum absolute atomic E-state index is 0.0461. The minimum Gasteiger partial charge on any atom is -0.462 e. The summed E-state index contributed by atoms with van der Waals surface area (Å²) < 4.78 is 62.5. The number of carbonyl (C=O) groups is 2. The highest BCUT2D eigenvalue weighted by atomic mass is 31.3. The van der Waals surface area contributed by atoms with E-state index in [4.69, 9.17) is 33.7 Å². The van der Waals surface area contributed by atoms with E-state index in [9.17, 15) is 43.5 Å². The number of hydrogen-bond acceptors (Lipinski definition) is 16. The molecular weight excluding hydrogens is 900 g/mol. The van der Waals surface area contributed by atoms with Crippen molar-refractivity contribution in [3.63, 3.8) is 0 Å². The standard InChI is InChI=1S/C45H79N3O16P2/c1-4-5-6-7-15-20-25-36-37(62-36)26-21-16-13-18-22-27-40(49)58-31-35(61-41(50)28-23-17-12-10-8-9-11-14-19-24-34(2)3)32-59-65(54,55)64-66(56,57)60-33-38-42(51)43(52)44(63-38)48-30-29-39(46)47-45(48)53/h15,20,29-30,34-38,42-44,51-52H,4-14,16-19,21-28,31-33H2,1-3H3,(H,54,55)(H,56,57)(H2,46,47,53)/b20-15-/t35-,36?,37?,38-,42-,43-,44-/m1/s1. The van der Waals surface area contributed by atoms with Crippen molar-refractivity contribution in [1.82, 2.24) is 9.55 Å². The summed E-state index contributed by atoms with van der Waals surface area (Å²) in [6.07, 6.45) is 20.5. The predicted molar refractivity (Wildman–Crippen MR) is 247 cm³/mol. The molecule has 3 rings (SSSR count). The van der Waals surface area contributed by atoms with Crippen LogP contribution in [-0.4, -0.2) is 97.9 Å². The number of phosphoric ester groups is 2. The van der Waals surface area contributed by atoms with E-state index in [1.165, 1.54) is 57.4 Å². The third-order valence-corrected chi connectivity index (χ3v) is 14.1. The molecule has 380 valence electrons. The van der Waals surface area contributed by atoms with Crippen LogP contribution >= 0.6 is 15.6 Å². The maximum Gasteiger partial charge on any atom is 0.481 e. The first-order chi connectivity index (χ1) is 31.5. The van der Waals surface area contributed by atoms with Crippen LogP contribution in [0.4, 0.5) is 5.82 Å². The smallest absolute Gasteiger partial charge is 0.462 e. The number of epoxide rings is 1. The maximum atomic E-state index is 12.8. The number of esters is 2. The summed E-state index contributed by atoms with van der Waals surface area (Å²) in [5.41, 5.74) is 4.58. The summed E-state index contributed by atoms with van der Waals surface area (Å²) in [6.45, 7) is 4.36. The molecule has 66 heavy (non-hydrogen) atoms. The van der Waals surface area contributed by atoms with Crippen LogP contribution in [-0.2, 0) is 51.0 Å². The third kappa shape index (κ3) is 24.7. The van der Waals surface area contributed by atoms with Crippen LogP contribution in [0, 0.1) is 5.92 Å². The van der Waals surface area contributed by atoms with Crippen LogP contribution in [0.3, 0.4) is 0 Å². The van der Waals surface area contributed by atoms with Gasteiger partial charge in [0.1, 0.15) is 30.7 Å². The first-order valence-corrected chi connectivity index (χ1v) is 27.2. The molecule has 1 aromatic rings. The van der Waals surface area contributed by atoms with E-state index in [1.807, 2.05) is 0 Å². The van der Waals surface area contributed by atoms with Gasteiger partial charge in [-0.05, 0) is 50.5 Å². The third-order valence-electron chi connectivity index (χ3n) is 11.5. The van der Waals surface area contributed by atoms with Crippen LogP contribution in [0.1, 0.15) is 175 Å². The number of aliphatic hydroxyl groups is 2. The van der Waals surface area contributed by atoms with Gasteiger partial charge < -0.3 is 44.7 Å². The molecule has 9 atom stereocenters. The van der Waals surface area contributed by atoms with Gasteiger partial charge in [0.25, 0.3) is 0 Å². The van der Waals surface area contributed by atoms with Gasteiger partial charge in [0.15, 0.2) is 12.3 Å². The number of rotatable bonds is 38. The fourth-order valence-electron chi connectivity index (χ4n) is 7.56. The SMILES string of the molecule is CCCCC/C=C\CC1OC1CCCCCCCC(=O)OC[C@H](COP(=O)(O)OP(=O)(O)OC[C@H]1O[C@@H](n2ccc(N)nc2=O)[C@H](O)[C@@H]1O)OC(=O)CCCCCCCCCCCC(C)C. The number of nitrogen functional groups attached to an aromatic ring is 1. The zero-order chi connectivity index (χ0) is 48.4. The molecule has 0 radical (unpaired) electrons. The maximum absolute atomic E-state index is 12.8. The fraction of sp³-hybridized carbons (Fsp3) is 0.822. The molecule has 3 heterocycles. The molecule has 21 heteroatoms. The van der Waals surface area contributed by atoms with E-state index < -0.39 is 83.7 Å². The number of anilines is 1. The van der Waals surface area contributed by atoms with Crippen LogP contribution in [0.15, 0.2) is 29.2 Å². The van der Waals surface area contributed by atoms with E-state index in [0.29, 0.717) is 25.0 Å². The summed E-state index contributed by atoms with van der Waals surface area (Å²) in [6, 6.07) is 1.25. The Hall–Kier alpha value is -2.54. The number of unbranched alkanes of at least 4 members (excludes halogenated alkanes) is 15. The van der Waals surface area contributed by atoms with Crippen molar-refractivity contribution < 1.29 is 71.0 Å². The summed E-state index contributed by atoms with van der Waals surface area (Å²) in [5, 5.41) is 20.9. The lowest BCUT2D eigenvalue weighted by atomic mass is 10.0. The molecule has 6 N–H and O–H groups in total. The van der Waals surface area contributed by atoms with Gasteiger partial charge in [0.05, 0.1) is 25.4 Å².